The summed E-state index contributed by atoms with van der Waals surface area (Å²) in [5.74, 6) is -1.44. The van der Waals surface area contributed by atoms with Crippen LogP contribution in [0.15, 0.2) is 42.5 Å². The molecule has 3 rings (SSSR count). The van der Waals surface area contributed by atoms with E-state index in [4.69, 9.17) is 16.3 Å². The van der Waals surface area contributed by atoms with Crippen molar-refractivity contribution in [3.8, 4) is 22.8 Å². The van der Waals surface area contributed by atoms with Gasteiger partial charge in [0.1, 0.15) is 11.5 Å². The fraction of sp³-hybridized carbons (Fsp3) is 0.111. The lowest BCUT2D eigenvalue weighted by molar-refractivity contribution is -0.274. The Labute approximate surface area is 155 Å². The first-order chi connectivity index (χ1) is 12.7. The molecule has 0 saturated heterocycles. The summed E-state index contributed by atoms with van der Waals surface area (Å²) < 4.78 is 46.4. The lowest BCUT2D eigenvalue weighted by Crippen LogP contribution is -2.17. The monoisotopic (exact) mass is 397 g/mol. The third kappa shape index (κ3) is 4.06. The number of methoxy groups -OCH3 is 1. The highest BCUT2D eigenvalue weighted by Gasteiger charge is 2.31. The number of carboxylic acid groups (broad SMARTS) is 1. The van der Waals surface area contributed by atoms with Gasteiger partial charge in [-0.25, -0.2) is 9.78 Å². The third-order valence-electron chi connectivity index (χ3n) is 3.68. The van der Waals surface area contributed by atoms with Crippen molar-refractivity contribution in [1.29, 1.82) is 0 Å². The quantitative estimate of drug-likeness (QED) is 0.658. The fourth-order valence-corrected chi connectivity index (χ4v) is 2.77. The highest BCUT2D eigenvalue weighted by Crippen LogP contribution is 2.35. The van der Waals surface area contributed by atoms with E-state index in [2.05, 4.69) is 9.72 Å². The summed E-state index contributed by atoms with van der Waals surface area (Å²) >= 11 is 6.00. The molecule has 9 heteroatoms. The van der Waals surface area contributed by atoms with Crippen molar-refractivity contribution in [2.24, 2.45) is 0 Å². The van der Waals surface area contributed by atoms with Crippen LogP contribution in [0.5, 0.6) is 11.5 Å². The van der Waals surface area contributed by atoms with Crippen molar-refractivity contribution in [1.82, 2.24) is 4.98 Å². The topological polar surface area (TPSA) is 68.7 Å². The lowest BCUT2D eigenvalue weighted by Gasteiger charge is -2.13. The van der Waals surface area contributed by atoms with Crippen LogP contribution in [0.3, 0.4) is 0 Å². The zero-order valence-electron chi connectivity index (χ0n) is 13.7. The van der Waals surface area contributed by atoms with E-state index in [0.717, 1.165) is 12.1 Å². The number of rotatable bonds is 4. The molecule has 5 nitrogen and oxygen atoms in total. The number of fused-ring (bicyclic) bond motifs is 1. The molecule has 0 radical (unpaired) electrons. The van der Waals surface area contributed by atoms with Crippen LogP contribution in [0.2, 0.25) is 5.02 Å². The first kappa shape index (κ1) is 18.8. The number of nitrogens with zero attached hydrogens (tertiary/aromatic N) is 1. The molecule has 0 spiro atoms. The summed E-state index contributed by atoms with van der Waals surface area (Å²) in [4.78, 5) is 16.0. The number of alkyl halides is 3. The van der Waals surface area contributed by atoms with Crippen LogP contribution >= 0.6 is 11.6 Å². The zero-order valence-corrected chi connectivity index (χ0v) is 14.4. The third-order valence-corrected chi connectivity index (χ3v) is 3.92. The highest BCUT2D eigenvalue weighted by atomic mass is 35.5. The van der Waals surface area contributed by atoms with Crippen molar-refractivity contribution in [2.75, 3.05) is 7.11 Å². The summed E-state index contributed by atoms with van der Waals surface area (Å²) in [5.41, 5.74) is 0.653. The Bertz CT molecular complexity index is 1040. The molecule has 0 atom stereocenters. The minimum atomic E-state index is -4.89. The van der Waals surface area contributed by atoms with Crippen LogP contribution in [0.25, 0.3) is 22.2 Å². The number of hydrogen-bond acceptors (Lipinski definition) is 4. The van der Waals surface area contributed by atoms with Crippen LogP contribution in [-0.4, -0.2) is 29.5 Å². The number of benzene rings is 2. The van der Waals surface area contributed by atoms with E-state index in [1.54, 1.807) is 18.2 Å². The normalized spacial score (nSPS) is 11.4. The summed E-state index contributed by atoms with van der Waals surface area (Å²) in [6, 6.07) is 9.31. The summed E-state index contributed by atoms with van der Waals surface area (Å²) in [5, 5.41) is 9.91. The van der Waals surface area contributed by atoms with Gasteiger partial charge >= 0.3 is 12.3 Å². The molecule has 0 bridgehead atoms. The fourth-order valence-electron chi connectivity index (χ4n) is 2.60. The van der Waals surface area contributed by atoms with Crippen LogP contribution in [0, 0.1) is 0 Å². The molecule has 140 valence electrons. The molecule has 0 aliphatic carbocycles. The SMILES string of the molecule is COc1ccc(Cl)cc1-c1cc(C(=O)O)c2cc(OC(F)(F)F)ccc2n1. The van der Waals surface area contributed by atoms with E-state index in [1.165, 1.54) is 19.2 Å². The molecule has 1 heterocycles. The first-order valence-electron chi connectivity index (χ1n) is 7.45. The van der Waals surface area contributed by atoms with Crippen molar-refractivity contribution in [3.05, 3.63) is 53.1 Å². The molecule has 1 aromatic heterocycles. The van der Waals surface area contributed by atoms with Crippen molar-refractivity contribution >= 4 is 28.5 Å². The molecule has 0 aliphatic rings. The number of aromatic nitrogens is 1. The number of pyridine rings is 1. The van der Waals surface area contributed by atoms with Gasteiger partial charge in [-0.2, -0.15) is 0 Å². The van der Waals surface area contributed by atoms with Gasteiger partial charge in [0.25, 0.3) is 0 Å². The lowest BCUT2D eigenvalue weighted by atomic mass is 10.0. The van der Waals surface area contributed by atoms with E-state index in [1.807, 2.05) is 0 Å². The molecule has 3 aromatic rings. The van der Waals surface area contributed by atoms with Crippen LogP contribution < -0.4 is 9.47 Å². The van der Waals surface area contributed by atoms with Crippen molar-refractivity contribution < 1.29 is 32.5 Å². The predicted octanol–water partition coefficient (Wildman–Crippen LogP) is 5.16. The number of carbonyl (C=O) groups is 1. The maximum atomic E-state index is 12.4. The van der Waals surface area contributed by atoms with Crippen molar-refractivity contribution in [3.63, 3.8) is 0 Å². The molecular weight excluding hydrogens is 387 g/mol. The summed E-state index contributed by atoms with van der Waals surface area (Å²) in [7, 11) is 1.44. The molecule has 0 amide bonds. The average molecular weight is 398 g/mol. The Morgan fingerprint density at radius 3 is 2.52 bits per heavy atom. The van der Waals surface area contributed by atoms with E-state index in [0.29, 0.717) is 16.3 Å². The predicted molar refractivity (Wildman–Crippen MR) is 92.4 cm³/mol. The van der Waals surface area contributed by atoms with Crippen molar-refractivity contribution in [2.45, 2.75) is 6.36 Å². The second kappa shape index (κ2) is 6.96. The van der Waals surface area contributed by atoms with E-state index >= 15 is 0 Å². The minimum absolute atomic E-state index is 0.00833. The maximum absolute atomic E-state index is 12.4. The van der Waals surface area contributed by atoms with Crippen LogP contribution in [-0.2, 0) is 0 Å². The van der Waals surface area contributed by atoms with Gasteiger partial charge in [0.15, 0.2) is 0 Å². The second-order valence-electron chi connectivity index (χ2n) is 5.43. The number of halogens is 4. The number of ether oxygens (including phenoxy) is 2. The Hall–Kier alpha value is -3.00. The van der Waals surface area contributed by atoms with Gasteiger partial charge in [-0.15, -0.1) is 13.2 Å². The Morgan fingerprint density at radius 1 is 1.15 bits per heavy atom. The Balaban J connectivity index is 2.22. The Morgan fingerprint density at radius 2 is 1.89 bits per heavy atom. The van der Waals surface area contributed by atoms with Gasteiger partial charge in [-0.05, 0) is 42.5 Å². The average Bonchev–Trinajstić information content (AvgIpc) is 2.59. The summed E-state index contributed by atoms with van der Waals surface area (Å²) in [6.45, 7) is 0. The second-order valence-corrected chi connectivity index (χ2v) is 5.87. The molecule has 0 unspecified atom stereocenters. The van der Waals surface area contributed by atoms with Crippen LogP contribution in [0.4, 0.5) is 13.2 Å². The first-order valence-corrected chi connectivity index (χ1v) is 7.83. The molecular formula is C18H11ClF3NO4. The Kier molecular flexibility index (Phi) is 4.84. The van der Waals surface area contributed by atoms with Gasteiger partial charge in [-0.1, -0.05) is 11.6 Å². The van der Waals surface area contributed by atoms with E-state index in [-0.39, 0.29) is 22.2 Å². The number of hydrogen-bond donors (Lipinski definition) is 1. The van der Waals surface area contributed by atoms with Gasteiger partial charge in [0.2, 0.25) is 0 Å². The van der Waals surface area contributed by atoms with E-state index < -0.39 is 18.1 Å². The molecule has 27 heavy (non-hydrogen) atoms. The molecule has 2 aromatic carbocycles. The highest BCUT2D eigenvalue weighted by molar-refractivity contribution is 6.31. The largest absolute Gasteiger partial charge is 0.573 e. The van der Waals surface area contributed by atoms with E-state index in [9.17, 15) is 23.1 Å². The van der Waals surface area contributed by atoms with Gasteiger partial charge < -0.3 is 14.6 Å². The van der Waals surface area contributed by atoms with Gasteiger partial charge in [0, 0.05) is 16.0 Å². The summed E-state index contributed by atoms with van der Waals surface area (Å²) in [6.07, 6.45) is -4.89. The van der Waals surface area contributed by atoms with Crippen LogP contribution in [0.1, 0.15) is 10.4 Å². The standard InChI is InChI=1S/C18H11ClF3NO4/c1-26-16-5-2-9(19)6-13(16)15-8-12(17(24)25)11-7-10(27-18(20,21)22)3-4-14(11)23-15/h2-8H,1H3,(H,24,25). The molecule has 0 saturated carbocycles. The van der Waals surface area contributed by atoms with Gasteiger partial charge in [0.05, 0.1) is 23.9 Å². The number of aromatic carboxylic acids is 1. The zero-order chi connectivity index (χ0) is 19.8. The molecule has 1 N–H and O–H groups in total. The molecule has 0 fully saturated rings. The minimum Gasteiger partial charge on any atom is -0.496 e. The smallest absolute Gasteiger partial charge is 0.496 e. The molecule has 0 aliphatic heterocycles. The van der Waals surface area contributed by atoms with Gasteiger partial charge in [-0.3, -0.25) is 0 Å². The number of carboxylic acids is 1. The maximum Gasteiger partial charge on any atom is 0.573 e.